The molecule has 0 unspecified atom stereocenters. The number of nitrogens with zero attached hydrogens (tertiary/aromatic N) is 3. The van der Waals surface area contributed by atoms with Crippen LogP contribution in [0.2, 0.25) is 0 Å². The summed E-state index contributed by atoms with van der Waals surface area (Å²) in [6.45, 7) is 0. The largest absolute Gasteiger partial charge is 0.368 e. The van der Waals surface area contributed by atoms with Crippen LogP contribution in [0.5, 0.6) is 0 Å². The summed E-state index contributed by atoms with van der Waals surface area (Å²) in [5.74, 6) is 0.698. The van der Waals surface area contributed by atoms with Crippen molar-refractivity contribution in [2.75, 3.05) is 11.5 Å². The van der Waals surface area contributed by atoms with E-state index in [9.17, 15) is 0 Å². The van der Waals surface area contributed by atoms with Gasteiger partial charge < -0.3 is 16.5 Å². The third-order valence-corrected chi connectivity index (χ3v) is 1.51. The molecule has 6 heteroatoms. The van der Waals surface area contributed by atoms with Gasteiger partial charge in [0, 0.05) is 6.20 Å². The molecule has 0 radical (unpaired) electrons. The second-order valence-corrected chi connectivity index (χ2v) is 2.46. The molecule has 0 aliphatic rings. The van der Waals surface area contributed by atoms with Crippen molar-refractivity contribution < 1.29 is 0 Å². The van der Waals surface area contributed by atoms with E-state index in [4.69, 9.17) is 11.5 Å². The van der Waals surface area contributed by atoms with Gasteiger partial charge in [0.15, 0.2) is 5.82 Å². The van der Waals surface area contributed by atoms with E-state index >= 15 is 0 Å². The summed E-state index contributed by atoms with van der Waals surface area (Å²) in [5.41, 5.74) is 11.6. The molecule has 6 nitrogen and oxygen atoms in total. The molecule has 0 atom stereocenters. The Kier molecular flexibility index (Phi) is 1.59. The quantitative estimate of drug-likeness (QED) is 0.568. The van der Waals surface area contributed by atoms with Gasteiger partial charge in [-0.25, -0.2) is 0 Å². The Bertz CT molecular complexity index is 387. The first-order valence-corrected chi connectivity index (χ1v) is 3.66. The third kappa shape index (κ3) is 1.41. The number of aromatic amines is 1. The Labute approximate surface area is 74.0 Å². The Hall–Kier alpha value is -2.11. The normalized spacial score (nSPS) is 10.2. The van der Waals surface area contributed by atoms with E-state index < -0.39 is 0 Å². The van der Waals surface area contributed by atoms with E-state index in [1.54, 1.807) is 6.20 Å². The van der Waals surface area contributed by atoms with Gasteiger partial charge in [-0.1, -0.05) is 0 Å². The highest BCUT2D eigenvalue weighted by Crippen LogP contribution is 2.12. The SMILES string of the molecule is Nc1nc(N)nc(-c2ccc[nH]2)n1. The van der Waals surface area contributed by atoms with Crippen molar-refractivity contribution in [1.29, 1.82) is 0 Å². The standard InChI is InChI=1S/C7H8N6/c8-6-11-5(12-7(9)13-6)4-2-1-3-10-4/h1-3,10H,(H4,8,9,11,12,13). The molecule has 2 rings (SSSR count). The predicted molar refractivity (Wildman–Crippen MR) is 48.4 cm³/mol. The van der Waals surface area contributed by atoms with Crippen LogP contribution in [0.25, 0.3) is 11.5 Å². The highest BCUT2D eigenvalue weighted by atomic mass is 15.1. The zero-order valence-corrected chi connectivity index (χ0v) is 6.73. The van der Waals surface area contributed by atoms with Crippen molar-refractivity contribution in [1.82, 2.24) is 19.9 Å². The fourth-order valence-corrected chi connectivity index (χ4v) is 0.999. The van der Waals surface area contributed by atoms with Gasteiger partial charge in [0.25, 0.3) is 0 Å². The summed E-state index contributed by atoms with van der Waals surface area (Å²) in [4.78, 5) is 14.4. The monoisotopic (exact) mass is 176 g/mol. The van der Waals surface area contributed by atoms with E-state index in [-0.39, 0.29) is 11.9 Å². The summed E-state index contributed by atoms with van der Waals surface area (Å²) >= 11 is 0. The van der Waals surface area contributed by atoms with Gasteiger partial charge in [-0.3, -0.25) is 0 Å². The molecule has 0 fully saturated rings. The Morgan fingerprint density at radius 2 is 1.77 bits per heavy atom. The molecule has 2 aromatic rings. The number of hydrogen-bond acceptors (Lipinski definition) is 5. The topological polar surface area (TPSA) is 106 Å². The fraction of sp³-hybridized carbons (Fsp3) is 0. The molecule has 0 saturated carbocycles. The molecule has 0 aliphatic carbocycles. The average molecular weight is 176 g/mol. The van der Waals surface area contributed by atoms with Crippen molar-refractivity contribution in [2.45, 2.75) is 0 Å². The number of H-pyrrole nitrogens is 1. The molecule has 0 aromatic carbocycles. The lowest BCUT2D eigenvalue weighted by Gasteiger charge is -1.98. The van der Waals surface area contributed by atoms with Gasteiger partial charge in [0.2, 0.25) is 11.9 Å². The van der Waals surface area contributed by atoms with Gasteiger partial charge in [0.1, 0.15) is 0 Å². The Balaban J connectivity index is 2.53. The maximum atomic E-state index is 5.41. The van der Waals surface area contributed by atoms with Crippen molar-refractivity contribution >= 4 is 11.9 Å². The van der Waals surface area contributed by atoms with Crippen LogP contribution in [0.4, 0.5) is 11.9 Å². The predicted octanol–water partition coefficient (Wildman–Crippen LogP) is 0.0311. The van der Waals surface area contributed by atoms with Gasteiger partial charge >= 0.3 is 0 Å². The second kappa shape index (κ2) is 2.74. The average Bonchev–Trinajstić information content (AvgIpc) is 2.53. The van der Waals surface area contributed by atoms with Crippen molar-refractivity contribution in [3.8, 4) is 11.5 Å². The number of hydrogen-bond donors (Lipinski definition) is 3. The van der Waals surface area contributed by atoms with E-state index in [1.807, 2.05) is 12.1 Å². The number of nitrogen functional groups attached to an aromatic ring is 2. The minimum Gasteiger partial charge on any atom is -0.368 e. The molecule has 0 spiro atoms. The van der Waals surface area contributed by atoms with E-state index in [0.717, 1.165) is 5.69 Å². The number of nitrogens with one attached hydrogen (secondary N) is 1. The maximum absolute atomic E-state index is 5.41. The third-order valence-electron chi connectivity index (χ3n) is 1.51. The molecule has 66 valence electrons. The molecule has 0 saturated heterocycles. The van der Waals surface area contributed by atoms with Crippen molar-refractivity contribution in [2.24, 2.45) is 0 Å². The first-order valence-electron chi connectivity index (χ1n) is 3.66. The summed E-state index contributed by atoms with van der Waals surface area (Å²) in [6.07, 6.45) is 1.77. The molecule has 0 bridgehead atoms. The molecule has 0 amide bonds. The van der Waals surface area contributed by atoms with Crippen LogP contribution in [0.1, 0.15) is 0 Å². The zero-order valence-electron chi connectivity index (χ0n) is 6.73. The van der Waals surface area contributed by atoms with Crippen LogP contribution >= 0.6 is 0 Å². The van der Waals surface area contributed by atoms with E-state index in [2.05, 4.69) is 19.9 Å². The van der Waals surface area contributed by atoms with Crippen LogP contribution in [-0.2, 0) is 0 Å². The van der Waals surface area contributed by atoms with Crippen LogP contribution in [-0.4, -0.2) is 19.9 Å². The lowest BCUT2D eigenvalue weighted by Crippen LogP contribution is -2.04. The molecule has 5 N–H and O–H groups in total. The molecular weight excluding hydrogens is 168 g/mol. The lowest BCUT2D eigenvalue weighted by molar-refractivity contribution is 1.08. The fourth-order valence-electron chi connectivity index (χ4n) is 0.999. The Morgan fingerprint density at radius 1 is 1.08 bits per heavy atom. The molecule has 0 aliphatic heterocycles. The number of aromatic nitrogens is 4. The maximum Gasteiger partial charge on any atom is 0.225 e. The summed E-state index contributed by atoms with van der Waals surface area (Å²) in [5, 5.41) is 0. The highest BCUT2D eigenvalue weighted by molar-refractivity contribution is 5.52. The first-order chi connectivity index (χ1) is 6.25. The molecule has 2 heterocycles. The summed E-state index contributed by atoms with van der Waals surface area (Å²) in [6, 6.07) is 3.67. The van der Waals surface area contributed by atoms with Crippen molar-refractivity contribution in [3.05, 3.63) is 18.3 Å². The number of rotatable bonds is 1. The van der Waals surface area contributed by atoms with Crippen LogP contribution in [0.15, 0.2) is 18.3 Å². The molecular formula is C7H8N6. The van der Waals surface area contributed by atoms with Crippen molar-refractivity contribution in [3.63, 3.8) is 0 Å². The lowest BCUT2D eigenvalue weighted by atomic mass is 10.4. The van der Waals surface area contributed by atoms with Crippen LogP contribution < -0.4 is 11.5 Å². The molecule has 2 aromatic heterocycles. The molecule has 13 heavy (non-hydrogen) atoms. The smallest absolute Gasteiger partial charge is 0.225 e. The van der Waals surface area contributed by atoms with Crippen LogP contribution in [0, 0.1) is 0 Å². The minimum absolute atomic E-state index is 0.122. The van der Waals surface area contributed by atoms with Gasteiger partial charge in [-0.05, 0) is 12.1 Å². The summed E-state index contributed by atoms with van der Waals surface area (Å²) in [7, 11) is 0. The highest BCUT2D eigenvalue weighted by Gasteiger charge is 2.04. The minimum atomic E-state index is 0.122. The summed E-state index contributed by atoms with van der Waals surface area (Å²) < 4.78 is 0. The number of anilines is 2. The van der Waals surface area contributed by atoms with E-state index in [1.165, 1.54) is 0 Å². The van der Waals surface area contributed by atoms with E-state index in [0.29, 0.717) is 5.82 Å². The van der Waals surface area contributed by atoms with Gasteiger partial charge in [-0.2, -0.15) is 15.0 Å². The first kappa shape index (κ1) is 7.53. The van der Waals surface area contributed by atoms with Gasteiger partial charge in [-0.15, -0.1) is 0 Å². The Morgan fingerprint density at radius 3 is 2.31 bits per heavy atom. The number of nitrogens with two attached hydrogens (primary N) is 2. The second-order valence-electron chi connectivity index (χ2n) is 2.46. The van der Waals surface area contributed by atoms with Crippen LogP contribution in [0.3, 0.4) is 0 Å². The zero-order chi connectivity index (χ0) is 9.26. The van der Waals surface area contributed by atoms with Gasteiger partial charge in [0.05, 0.1) is 5.69 Å².